The van der Waals surface area contributed by atoms with Gasteiger partial charge in [-0.25, -0.2) is 14.8 Å². The van der Waals surface area contributed by atoms with Crippen LogP contribution in [-0.2, 0) is 24.2 Å². The van der Waals surface area contributed by atoms with Gasteiger partial charge in [0.2, 0.25) is 0 Å². The van der Waals surface area contributed by atoms with Gasteiger partial charge in [0.15, 0.2) is 0 Å². The van der Waals surface area contributed by atoms with Crippen molar-refractivity contribution in [1.82, 2.24) is 14.9 Å². The lowest BCUT2D eigenvalue weighted by Crippen LogP contribution is -2.26. The third-order valence-electron chi connectivity index (χ3n) is 4.30. The summed E-state index contributed by atoms with van der Waals surface area (Å²) in [6, 6.07) is 10.1. The number of alkyl halides is 3. The molecule has 1 aliphatic rings. The first-order chi connectivity index (χ1) is 13.2. The molecule has 148 valence electrons. The van der Waals surface area contributed by atoms with E-state index >= 15 is 0 Å². The molecule has 2 aromatic rings. The van der Waals surface area contributed by atoms with E-state index in [9.17, 15) is 13.2 Å². The van der Waals surface area contributed by atoms with E-state index in [1.807, 2.05) is 18.2 Å². The summed E-state index contributed by atoms with van der Waals surface area (Å²) in [6.07, 6.45) is -1.45. The highest BCUT2D eigenvalue weighted by Gasteiger charge is 2.38. The van der Waals surface area contributed by atoms with Gasteiger partial charge in [0, 0.05) is 37.4 Å². The first kappa shape index (κ1) is 21.3. The molecule has 0 atom stereocenters. The Balaban J connectivity index is 0.000000345. The molecule has 6 nitrogen and oxygen atoms in total. The molecule has 0 radical (unpaired) electrons. The molecule has 0 saturated heterocycles. The molecule has 1 aliphatic heterocycles. The fourth-order valence-corrected chi connectivity index (χ4v) is 2.89. The van der Waals surface area contributed by atoms with Crippen LogP contribution in [0.3, 0.4) is 0 Å². The second-order valence-electron chi connectivity index (χ2n) is 6.28. The summed E-state index contributed by atoms with van der Waals surface area (Å²) in [7, 11) is 0. The number of aromatic nitrogens is 2. The van der Waals surface area contributed by atoms with Crippen molar-refractivity contribution in [2.75, 3.05) is 13.1 Å². The van der Waals surface area contributed by atoms with Gasteiger partial charge in [-0.05, 0) is 36.6 Å². The van der Waals surface area contributed by atoms with Gasteiger partial charge in [-0.1, -0.05) is 12.1 Å². The van der Waals surface area contributed by atoms with Crippen molar-refractivity contribution >= 4 is 5.97 Å². The van der Waals surface area contributed by atoms with E-state index in [4.69, 9.17) is 15.2 Å². The van der Waals surface area contributed by atoms with Gasteiger partial charge in [0.05, 0.1) is 11.6 Å². The molecule has 0 fully saturated rings. The third-order valence-corrected chi connectivity index (χ3v) is 4.30. The fourth-order valence-electron chi connectivity index (χ4n) is 2.89. The quantitative estimate of drug-likeness (QED) is 0.845. The summed E-state index contributed by atoms with van der Waals surface area (Å²) in [6.45, 7) is 4.96. The number of nitriles is 1. The normalized spacial score (nSPS) is 14.1. The predicted molar refractivity (Wildman–Crippen MR) is 94.3 cm³/mol. The number of hydrogen-bond acceptors (Lipinski definition) is 5. The number of rotatable bonds is 2. The number of hydrogen-bond donors (Lipinski definition) is 1. The molecule has 0 amide bonds. The first-order valence-corrected chi connectivity index (χ1v) is 8.51. The Hall–Kier alpha value is -2.99. The highest BCUT2D eigenvalue weighted by atomic mass is 19.4. The van der Waals surface area contributed by atoms with E-state index in [0.29, 0.717) is 0 Å². The number of benzene rings is 1. The van der Waals surface area contributed by atoms with Gasteiger partial charge in [-0.2, -0.15) is 18.4 Å². The van der Waals surface area contributed by atoms with Gasteiger partial charge < -0.3 is 5.11 Å². The zero-order chi connectivity index (χ0) is 20.7. The molecule has 0 aliphatic carbocycles. The van der Waals surface area contributed by atoms with E-state index in [2.05, 4.69) is 33.9 Å². The van der Waals surface area contributed by atoms with Crippen LogP contribution < -0.4 is 0 Å². The van der Waals surface area contributed by atoms with Crippen LogP contribution in [0, 0.1) is 18.3 Å². The molecule has 0 spiro atoms. The van der Waals surface area contributed by atoms with Crippen LogP contribution in [0.15, 0.2) is 30.6 Å². The van der Waals surface area contributed by atoms with Crippen LogP contribution in [0.1, 0.15) is 28.1 Å². The number of nitrogens with zero attached hydrogens (tertiary/aromatic N) is 4. The Morgan fingerprint density at radius 1 is 1.29 bits per heavy atom. The monoisotopic (exact) mass is 392 g/mol. The molecule has 28 heavy (non-hydrogen) atoms. The van der Waals surface area contributed by atoms with Crippen molar-refractivity contribution in [2.45, 2.75) is 32.5 Å². The van der Waals surface area contributed by atoms with Crippen LogP contribution >= 0.6 is 0 Å². The zero-order valence-electron chi connectivity index (χ0n) is 15.2. The Kier molecular flexibility index (Phi) is 7.06. The van der Waals surface area contributed by atoms with Crippen molar-refractivity contribution < 1.29 is 23.1 Å². The van der Waals surface area contributed by atoms with Crippen molar-refractivity contribution in [3.63, 3.8) is 0 Å². The van der Waals surface area contributed by atoms with E-state index in [0.717, 1.165) is 43.7 Å². The van der Waals surface area contributed by atoms with Crippen molar-refractivity contribution in [3.8, 4) is 6.07 Å². The average Bonchev–Trinajstić information content (AvgIpc) is 2.85. The second-order valence-corrected chi connectivity index (χ2v) is 6.28. The van der Waals surface area contributed by atoms with Gasteiger partial charge in [0.25, 0.3) is 0 Å². The number of aryl methyl sites for hydroxylation is 1. The molecular formula is C19H19F3N4O2. The van der Waals surface area contributed by atoms with E-state index in [-0.39, 0.29) is 0 Å². The second kappa shape index (κ2) is 9.28. The largest absolute Gasteiger partial charge is 0.490 e. The Labute approximate surface area is 160 Å². The van der Waals surface area contributed by atoms with Crippen LogP contribution in [0.4, 0.5) is 13.2 Å². The maximum absolute atomic E-state index is 10.6. The minimum Gasteiger partial charge on any atom is -0.475 e. The van der Waals surface area contributed by atoms with Crippen LogP contribution in [0.5, 0.6) is 0 Å². The third kappa shape index (κ3) is 6.03. The van der Waals surface area contributed by atoms with Crippen molar-refractivity contribution in [3.05, 3.63) is 58.7 Å². The maximum Gasteiger partial charge on any atom is 0.490 e. The standard InChI is InChI=1S/C17H18N4.C2HF3O2/c1-13-16-5-7-21(8-6-17(16)20-12-19-13)11-15-4-2-3-14(9-15)10-18;3-2(4,5)1(6)7/h2-4,9,12H,5-8,11H2,1H3;(H,6,7). The first-order valence-electron chi connectivity index (χ1n) is 8.51. The highest BCUT2D eigenvalue weighted by molar-refractivity contribution is 5.73. The Morgan fingerprint density at radius 3 is 2.61 bits per heavy atom. The number of carboxylic acids is 1. The Bertz CT molecular complexity index is 878. The number of carbonyl (C=O) groups is 1. The van der Waals surface area contributed by atoms with Crippen LogP contribution in [-0.4, -0.2) is 45.2 Å². The lowest BCUT2D eigenvalue weighted by molar-refractivity contribution is -0.192. The van der Waals surface area contributed by atoms with E-state index in [1.54, 1.807) is 6.33 Å². The SMILES string of the molecule is Cc1ncnc2c1CCN(Cc1cccc(C#N)c1)CC2.O=C(O)C(F)(F)F. The number of aliphatic carboxylic acids is 1. The smallest absolute Gasteiger partial charge is 0.475 e. The van der Waals surface area contributed by atoms with Gasteiger partial charge >= 0.3 is 12.1 Å². The summed E-state index contributed by atoms with van der Waals surface area (Å²) in [5.74, 6) is -2.76. The highest BCUT2D eigenvalue weighted by Crippen LogP contribution is 2.17. The molecular weight excluding hydrogens is 373 g/mol. The minimum atomic E-state index is -5.08. The number of fused-ring (bicyclic) bond motifs is 1. The lowest BCUT2D eigenvalue weighted by Gasteiger charge is -2.19. The topological polar surface area (TPSA) is 90.1 Å². The number of carboxylic acid groups (broad SMARTS) is 1. The molecule has 0 bridgehead atoms. The summed E-state index contributed by atoms with van der Waals surface area (Å²) < 4.78 is 31.7. The minimum absolute atomic E-state index is 0.729. The molecule has 1 N–H and O–H groups in total. The average molecular weight is 392 g/mol. The van der Waals surface area contributed by atoms with Gasteiger partial charge in [0.1, 0.15) is 6.33 Å². The van der Waals surface area contributed by atoms with Gasteiger partial charge in [-0.15, -0.1) is 0 Å². The molecule has 9 heteroatoms. The predicted octanol–water partition coefficient (Wildman–Crippen LogP) is 2.89. The number of halogens is 3. The molecule has 2 heterocycles. The lowest BCUT2D eigenvalue weighted by atomic mass is 10.1. The van der Waals surface area contributed by atoms with E-state index in [1.165, 1.54) is 16.8 Å². The maximum atomic E-state index is 10.6. The van der Waals surface area contributed by atoms with Gasteiger partial charge in [-0.3, -0.25) is 4.90 Å². The zero-order valence-corrected chi connectivity index (χ0v) is 15.2. The molecule has 0 saturated carbocycles. The molecule has 1 aromatic heterocycles. The summed E-state index contributed by atoms with van der Waals surface area (Å²) in [4.78, 5) is 20.1. The van der Waals surface area contributed by atoms with Crippen LogP contribution in [0.25, 0.3) is 0 Å². The summed E-state index contributed by atoms with van der Waals surface area (Å²) in [5, 5.41) is 16.1. The van der Waals surface area contributed by atoms with Crippen molar-refractivity contribution in [2.24, 2.45) is 0 Å². The van der Waals surface area contributed by atoms with Crippen molar-refractivity contribution in [1.29, 1.82) is 5.26 Å². The molecule has 0 unspecified atom stereocenters. The molecule has 1 aromatic carbocycles. The summed E-state index contributed by atoms with van der Waals surface area (Å²) >= 11 is 0. The van der Waals surface area contributed by atoms with E-state index < -0.39 is 12.1 Å². The Morgan fingerprint density at radius 2 is 1.96 bits per heavy atom. The fraction of sp³-hybridized carbons (Fsp3) is 0.368. The summed E-state index contributed by atoms with van der Waals surface area (Å²) in [5.41, 5.74) is 5.53. The van der Waals surface area contributed by atoms with Crippen LogP contribution in [0.2, 0.25) is 0 Å². The molecule has 3 rings (SSSR count).